The first-order chi connectivity index (χ1) is 11.6. The van der Waals surface area contributed by atoms with E-state index in [0.29, 0.717) is 0 Å². The molecule has 1 fully saturated rings. The molecule has 0 saturated carbocycles. The third-order valence-corrected chi connectivity index (χ3v) is 5.00. The highest BCUT2D eigenvalue weighted by Gasteiger charge is 2.19. The van der Waals surface area contributed by atoms with Gasteiger partial charge < -0.3 is 9.64 Å². The lowest BCUT2D eigenvalue weighted by molar-refractivity contribution is 0.117. The highest BCUT2D eigenvalue weighted by molar-refractivity contribution is 4.99. The van der Waals surface area contributed by atoms with E-state index in [1.54, 1.807) is 0 Å². The van der Waals surface area contributed by atoms with E-state index in [0.717, 1.165) is 31.6 Å². The van der Waals surface area contributed by atoms with Crippen molar-refractivity contribution in [3.8, 4) is 0 Å². The Morgan fingerprint density at radius 2 is 1.92 bits per heavy atom. The molecular weight excluding hydrogens is 298 g/mol. The molecule has 0 radical (unpaired) electrons. The molecule has 4 nitrogen and oxygen atoms in total. The molecule has 138 valence electrons. The molecule has 24 heavy (non-hydrogen) atoms. The molecule has 0 bridgehead atoms. The summed E-state index contributed by atoms with van der Waals surface area (Å²) in [6.07, 6.45) is 11.7. The Morgan fingerprint density at radius 3 is 2.58 bits per heavy atom. The number of aryl methyl sites for hydroxylation is 1. The van der Waals surface area contributed by atoms with Gasteiger partial charge in [-0.2, -0.15) is 5.10 Å². The van der Waals surface area contributed by atoms with Crippen molar-refractivity contribution >= 4 is 0 Å². The predicted octanol–water partition coefficient (Wildman–Crippen LogP) is 4.14. The number of unbranched alkanes of at least 4 members (excludes halogenated alkanes) is 1. The standard InChI is InChI=1S/C20H37N3O/c1-18(2)7-6-14-24-13-5-4-10-22-11-8-20(9-12-22)17-23-16-19(3)15-21-23/h15-16,18,20H,4-14,17H2,1-3H3. The van der Waals surface area contributed by atoms with Gasteiger partial charge in [-0.05, 0) is 82.5 Å². The minimum atomic E-state index is 0.796. The van der Waals surface area contributed by atoms with E-state index < -0.39 is 0 Å². The molecule has 0 spiro atoms. The minimum absolute atomic E-state index is 0.796. The Kier molecular flexibility index (Phi) is 8.82. The van der Waals surface area contributed by atoms with Crippen molar-refractivity contribution in [2.75, 3.05) is 32.8 Å². The van der Waals surface area contributed by atoms with E-state index in [-0.39, 0.29) is 0 Å². The molecule has 1 aliphatic rings. The van der Waals surface area contributed by atoms with Gasteiger partial charge in [0.05, 0.1) is 6.20 Å². The lowest BCUT2D eigenvalue weighted by Gasteiger charge is -2.31. The Labute approximate surface area is 148 Å². The van der Waals surface area contributed by atoms with Crippen LogP contribution in [0.2, 0.25) is 0 Å². The zero-order chi connectivity index (χ0) is 17.2. The molecular formula is C20H37N3O. The van der Waals surface area contributed by atoms with Gasteiger partial charge in [0.15, 0.2) is 0 Å². The van der Waals surface area contributed by atoms with Gasteiger partial charge in [0, 0.05) is 26.0 Å². The summed E-state index contributed by atoms with van der Waals surface area (Å²) in [5.41, 5.74) is 1.26. The van der Waals surface area contributed by atoms with Gasteiger partial charge in [-0.1, -0.05) is 13.8 Å². The van der Waals surface area contributed by atoms with Crippen LogP contribution in [0.15, 0.2) is 12.4 Å². The molecule has 0 amide bonds. The molecule has 4 heteroatoms. The van der Waals surface area contributed by atoms with Crippen LogP contribution in [0.3, 0.4) is 0 Å². The monoisotopic (exact) mass is 335 g/mol. The fourth-order valence-electron chi connectivity index (χ4n) is 3.46. The van der Waals surface area contributed by atoms with Crippen LogP contribution < -0.4 is 0 Å². The van der Waals surface area contributed by atoms with Gasteiger partial charge in [-0.3, -0.25) is 4.68 Å². The van der Waals surface area contributed by atoms with Gasteiger partial charge in [0.1, 0.15) is 0 Å². The quantitative estimate of drug-likeness (QED) is 0.569. The normalized spacial score (nSPS) is 17.0. The van der Waals surface area contributed by atoms with Crippen LogP contribution in [0, 0.1) is 18.8 Å². The van der Waals surface area contributed by atoms with E-state index >= 15 is 0 Å². The number of likely N-dealkylation sites (tertiary alicyclic amines) is 1. The maximum atomic E-state index is 5.73. The fraction of sp³-hybridized carbons (Fsp3) is 0.850. The Morgan fingerprint density at radius 1 is 1.17 bits per heavy atom. The molecule has 1 saturated heterocycles. The van der Waals surface area contributed by atoms with Crippen LogP contribution >= 0.6 is 0 Å². The van der Waals surface area contributed by atoms with Crippen molar-refractivity contribution in [1.29, 1.82) is 0 Å². The summed E-state index contributed by atoms with van der Waals surface area (Å²) in [6.45, 7) is 13.4. The topological polar surface area (TPSA) is 30.3 Å². The second kappa shape index (κ2) is 10.9. The highest BCUT2D eigenvalue weighted by Crippen LogP contribution is 2.19. The maximum absolute atomic E-state index is 5.73. The number of rotatable bonds is 11. The van der Waals surface area contributed by atoms with Crippen molar-refractivity contribution in [3.63, 3.8) is 0 Å². The molecule has 0 unspecified atom stereocenters. The van der Waals surface area contributed by atoms with Crippen LogP contribution in [0.1, 0.15) is 57.9 Å². The van der Waals surface area contributed by atoms with Crippen LogP contribution in [0.25, 0.3) is 0 Å². The SMILES string of the molecule is Cc1cnn(CC2CCN(CCCCOCCCC(C)C)CC2)c1. The molecule has 0 aliphatic carbocycles. The number of hydrogen-bond donors (Lipinski definition) is 0. The van der Waals surface area contributed by atoms with Crippen LogP contribution in [0.4, 0.5) is 0 Å². The molecule has 1 aromatic heterocycles. The van der Waals surface area contributed by atoms with Crippen LogP contribution in [-0.2, 0) is 11.3 Å². The third kappa shape index (κ3) is 7.80. The Hall–Kier alpha value is -0.870. The zero-order valence-electron chi connectivity index (χ0n) is 16.0. The minimum Gasteiger partial charge on any atom is -0.381 e. The number of hydrogen-bond acceptors (Lipinski definition) is 3. The molecule has 0 aromatic carbocycles. The smallest absolute Gasteiger partial charge is 0.0518 e. The summed E-state index contributed by atoms with van der Waals surface area (Å²) in [7, 11) is 0. The van der Waals surface area contributed by atoms with Gasteiger partial charge in [-0.15, -0.1) is 0 Å². The van der Waals surface area contributed by atoms with E-state index in [1.807, 2.05) is 6.20 Å². The van der Waals surface area contributed by atoms with Crippen molar-refractivity contribution in [2.45, 2.75) is 65.8 Å². The largest absolute Gasteiger partial charge is 0.381 e. The summed E-state index contributed by atoms with van der Waals surface area (Å²) in [5.74, 6) is 1.60. The van der Waals surface area contributed by atoms with E-state index in [2.05, 4.69) is 41.6 Å². The summed E-state index contributed by atoms with van der Waals surface area (Å²) in [6, 6.07) is 0. The Bertz CT molecular complexity index is 436. The lowest BCUT2D eigenvalue weighted by atomic mass is 9.96. The van der Waals surface area contributed by atoms with Gasteiger partial charge in [0.2, 0.25) is 0 Å². The summed E-state index contributed by atoms with van der Waals surface area (Å²) in [4.78, 5) is 2.63. The molecule has 1 aromatic rings. The fourth-order valence-corrected chi connectivity index (χ4v) is 3.46. The van der Waals surface area contributed by atoms with E-state index in [4.69, 9.17) is 4.74 Å². The first kappa shape index (κ1) is 19.5. The van der Waals surface area contributed by atoms with Gasteiger partial charge >= 0.3 is 0 Å². The summed E-state index contributed by atoms with van der Waals surface area (Å²) in [5, 5.41) is 4.42. The number of nitrogens with zero attached hydrogens (tertiary/aromatic N) is 3. The summed E-state index contributed by atoms with van der Waals surface area (Å²) >= 11 is 0. The molecule has 0 atom stereocenters. The lowest BCUT2D eigenvalue weighted by Crippen LogP contribution is -2.35. The average Bonchev–Trinajstić information content (AvgIpc) is 2.96. The van der Waals surface area contributed by atoms with Gasteiger partial charge in [0.25, 0.3) is 0 Å². The first-order valence-electron chi connectivity index (χ1n) is 9.92. The summed E-state index contributed by atoms with van der Waals surface area (Å²) < 4.78 is 7.85. The third-order valence-electron chi connectivity index (χ3n) is 5.00. The first-order valence-corrected chi connectivity index (χ1v) is 9.92. The van der Waals surface area contributed by atoms with Crippen LogP contribution in [0.5, 0.6) is 0 Å². The second-order valence-corrected chi connectivity index (χ2v) is 7.88. The molecule has 1 aliphatic heterocycles. The zero-order valence-corrected chi connectivity index (χ0v) is 16.0. The van der Waals surface area contributed by atoms with E-state index in [1.165, 1.54) is 63.7 Å². The average molecular weight is 336 g/mol. The molecule has 2 rings (SSSR count). The number of piperidine rings is 1. The maximum Gasteiger partial charge on any atom is 0.0518 e. The van der Waals surface area contributed by atoms with E-state index in [9.17, 15) is 0 Å². The Balaban J connectivity index is 1.45. The van der Waals surface area contributed by atoms with Crippen molar-refractivity contribution < 1.29 is 4.74 Å². The predicted molar refractivity (Wildman–Crippen MR) is 100 cm³/mol. The number of ether oxygens (including phenoxy) is 1. The molecule has 2 heterocycles. The molecule has 0 N–H and O–H groups in total. The van der Waals surface area contributed by atoms with Gasteiger partial charge in [-0.25, -0.2) is 0 Å². The second-order valence-electron chi connectivity index (χ2n) is 7.88. The van der Waals surface area contributed by atoms with Crippen molar-refractivity contribution in [2.24, 2.45) is 11.8 Å². The van der Waals surface area contributed by atoms with Crippen LogP contribution in [-0.4, -0.2) is 47.5 Å². The highest BCUT2D eigenvalue weighted by atomic mass is 16.5. The number of aromatic nitrogens is 2. The van der Waals surface area contributed by atoms with Crippen molar-refractivity contribution in [1.82, 2.24) is 14.7 Å². The van der Waals surface area contributed by atoms with Crippen molar-refractivity contribution in [3.05, 3.63) is 18.0 Å².